The second-order valence-electron chi connectivity index (χ2n) is 8.27. The number of hydrogen-bond acceptors (Lipinski definition) is 4. The lowest BCUT2D eigenvalue weighted by Gasteiger charge is -2.19. The van der Waals surface area contributed by atoms with Crippen LogP contribution in [0.3, 0.4) is 0 Å². The number of carbonyl (C=O) groups excluding carboxylic acids is 2. The minimum Gasteiger partial charge on any atom is -0.491 e. The molecule has 1 N–H and O–H groups in total. The van der Waals surface area contributed by atoms with E-state index in [0.717, 1.165) is 34.4 Å². The molecule has 0 spiro atoms. The predicted octanol–water partition coefficient (Wildman–Crippen LogP) is 5.80. The highest BCUT2D eigenvalue weighted by molar-refractivity contribution is 6.46. The fraction of sp³-hybridized carbons (Fsp3) is 0.214. The normalized spacial score (nSPS) is 13.6. The summed E-state index contributed by atoms with van der Waals surface area (Å²) in [5.74, 6) is -0.250. The summed E-state index contributed by atoms with van der Waals surface area (Å²) in [6.07, 6.45) is 0.822. The van der Waals surface area contributed by atoms with Crippen molar-refractivity contribution in [1.82, 2.24) is 0 Å². The molecule has 1 heterocycles. The Morgan fingerprint density at radius 3 is 2.30 bits per heavy atom. The van der Waals surface area contributed by atoms with Gasteiger partial charge in [-0.1, -0.05) is 61.0 Å². The summed E-state index contributed by atoms with van der Waals surface area (Å²) < 4.78 is 5.86. The van der Waals surface area contributed by atoms with Gasteiger partial charge in [-0.05, 0) is 62.1 Å². The first-order valence-electron chi connectivity index (χ1n) is 11.2. The van der Waals surface area contributed by atoms with Crippen LogP contribution in [-0.4, -0.2) is 18.4 Å². The van der Waals surface area contributed by atoms with Crippen molar-refractivity contribution in [3.05, 3.63) is 94.7 Å². The van der Waals surface area contributed by atoms with E-state index in [4.69, 9.17) is 4.74 Å². The van der Waals surface area contributed by atoms with Crippen LogP contribution in [0.15, 0.2) is 72.4 Å². The molecule has 0 atom stereocenters. The van der Waals surface area contributed by atoms with Gasteiger partial charge in [0.15, 0.2) is 0 Å². The first-order valence-corrected chi connectivity index (χ1v) is 11.2. The Bertz CT molecular complexity index is 1260. The van der Waals surface area contributed by atoms with E-state index < -0.39 is 5.91 Å². The molecule has 4 rings (SSSR count). The first-order chi connectivity index (χ1) is 15.9. The zero-order chi connectivity index (χ0) is 23.5. The molecule has 0 aliphatic carbocycles. The van der Waals surface area contributed by atoms with Gasteiger partial charge < -0.3 is 10.1 Å². The number of hydrogen-bond donors (Lipinski definition) is 1. The molecule has 1 aliphatic heterocycles. The van der Waals surface area contributed by atoms with Crippen molar-refractivity contribution in [3.63, 3.8) is 0 Å². The van der Waals surface area contributed by atoms with E-state index in [9.17, 15) is 9.59 Å². The zero-order valence-electron chi connectivity index (χ0n) is 19.4. The van der Waals surface area contributed by atoms with Crippen molar-refractivity contribution < 1.29 is 14.3 Å². The Balaban J connectivity index is 1.86. The van der Waals surface area contributed by atoms with Crippen LogP contribution >= 0.6 is 0 Å². The Morgan fingerprint density at radius 1 is 0.848 bits per heavy atom. The second kappa shape index (κ2) is 9.33. The van der Waals surface area contributed by atoms with E-state index in [1.54, 1.807) is 18.2 Å². The molecule has 3 aromatic rings. The average Bonchev–Trinajstić information content (AvgIpc) is 3.03. The molecule has 1 aliphatic rings. The molecule has 3 aromatic carbocycles. The van der Waals surface area contributed by atoms with Crippen LogP contribution in [0.25, 0.3) is 5.57 Å². The highest BCUT2D eigenvalue weighted by Gasteiger charge is 2.42. The molecule has 168 valence electrons. The molecule has 0 saturated heterocycles. The van der Waals surface area contributed by atoms with Gasteiger partial charge in [-0.2, -0.15) is 0 Å². The summed E-state index contributed by atoms with van der Waals surface area (Å²) in [5, 5.41) is 3.27. The number of anilines is 2. The van der Waals surface area contributed by atoms with Crippen LogP contribution in [0.1, 0.15) is 35.6 Å². The highest BCUT2D eigenvalue weighted by atomic mass is 16.5. The van der Waals surface area contributed by atoms with Gasteiger partial charge in [0.1, 0.15) is 11.4 Å². The summed E-state index contributed by atoms with van der Waals surface area (Å²) in [4.78, 5) is 28.8. The van der Waals surface area contributed by atoms with E-state index in [2.05, 4.69) is 5.32 Å². The number of imide groups is 1. The standard InChI is InChI=1S/C28H28N2O3/c1-5-16-33-24-13-9-8-12-23(24)30-27(31)25(21-15-14-18(2)17-20(21)4)26(28(30)32)29-22-11-7-6-10-19(22)3/h6-15,17,29H,5,16H2,1-4H3. The fourth-order valence-corrected chi connectivity index (χ4v) is 4.03. The Labute approximate surface area is 194 Å². The molecule has 0 fully saturated rings. The van der Waals surface area contributed by atoms with E-state index >= 15 is 0 Å². The van der Waals surface area contributed by atoms with E-state index in [0.29, 0.717) is 23.6 Å². The molecule has 0 bridgehead atoms. The van der Waals surface area contributed by atoms with Gasteiger partial charge >= 0.3 is 0 Å². The summed E-state index contributed by atoms with van der Waals surface area (Å²) in [5.41, 5.74) is 5.63. The monoisotopic (exact) mass is 440 g/mol. The third-order valence-electron chi connectivity index (χ3n) is 5.71. The third-order valence-corrected chi connectivity index (χ3v) is 5.71. The first kappa shape index (κ1) is 22.3. The number of aryl methyl sites for hydroxylation is 3. The van der Waals surface area contributed by atoms with Crippen LogP contribution in [-0.2, 0) is 9.59 Å². The molecule has 0 saturated carbocycles. The van der Waals surface area contributed by atoms with Crippen LogP contribution in [0.5, 0.6) is 5.75 Å². The van der Waals surface area contributed by atoms with Gasteiger partial charge in [-0.15, -0.1) is 0 Å². The molecule has 33 heavy (non-hydrogen) atoms. The number of nitrogens with zero attached hydrogens (tertiary/aromatic N) is 1. The number of carbonyl (C=O) groups is 2. The largest absolute Gasteiger partial charge is 0.491 e. The Kier molecular flexibility index (Phi) is 6.31. The van der Waals surface area contributed by atoms with Crippen molar-refractivity contribution in [1.29, 1.82) is 0 Å². The lowest BCUT2D eigenvalue weighted by molar-refractivity contribution is -0.120. The third kappa shape index (κ3) is 4.27. The van der Waals surface area contributed by atoms with E-state index in [-0.39, 0.29) is 11.6 Å². The van der Waals surface area contributed by atoms with E-state index in [1.807, 2.05) is 76.2 Å². The molecular weight excluding hydrogens is 412 g/mol. The minimum atomic E-state index is -0.397. The molecule has 5 nitrogen and oxygen atoms in total. The quantitative estimate of drug-likeness (QED) is 0.472. The Morgan fingerprint density at radius 2 is 1.58 bits per heavy atom. The van der Waals surface area contributed by atoms with Gasteiger partial charge in [0.2, 0.25) is 0 Å². The van der Waals surface area contributed by atoms with Gasteiger partial charge in [-0.3, -0.25) is 9.59 Å². The second-order valence-corrected chi connectivity index (χ2v) is 8.27. The van der Waals surface area contributed by atoms with Gasteiger partial charge in [0, 0.05) is 5.69 Å². The maximum Gasteiger partial charge on any atom is 0.282 e. The van der Waals surface area contributed by atoms with Crippen LogP contribution in [0.2, 0.25) is 0 Å². The Hall–Kier alpha value is -3.86. The van der Waals surface area contributed by atoms with Crippen LogP contribution in [0.4, 0.5) is 11.4 Å². The highest BCUT2D eigenvalue weighted by Crippen LogP contribution is 2.39. The maximum absolute atomic E-state index is 13.8. The maximum atomic E-state index is 13.8. The van der Waals surface area contributed by atoms with Crippen molar-refractivity contribution in [2.45, 2.75) is 34.1 Å². The van der Waals surface area contributed by atoms with Gasteiger partial charge in [0.05, 0.1) is 17.9 Å². The number of ether oxygens (including phenoxy) is 1. The van der Waals surface area contributed by atoms with Crippen molar-refractivity contribution >= 4 is 28.8 Å². The number of amides is 2. The van der Waals surface area contributed by atoms with Crippen LogP contribution in [0, 0.1) is 20.8 Å². The number of rotatable bonds is 7. The minimum absolute atomic E-state index is 0.270. The summed E-state index contributed by atoms with van der Waals surface area (Å²) in [7, 11) is 0. The predicted molar refractivity (Wildman–Crippen MR) is 132 cm³/mol. The molecule has 5 heteroatoms. The van der Waals surface area contributed by atoms with Crippen LogP contribution < -0.4 is 15.0 Å². The molecule has 0 unspecified atom stereocenters. The van der Waals surface area contributed by atoms with Crippen molar-refractivity contribution in [2.75, 3.05) is 16.8 Å². The summed E-state index contributed by atoms with van der Waals surface area (Å²) >= 11 is 0. The fourth-order valence-electron chi connectivity index (χ4n) is 4.03. The van der Waals surface area contributed by atoms with Crippen molar-refractivity contribution in [2.24, 2.45) is 0 Å². The smallest absolute Gasteiger partial charge is 0.282 e. The molecular formula is C28H28N2O3. The van der Waals surface area contributed by atoms with Gasteiger partial charge in [-0.25, -0.2) is 4.90 Å². The summed E-state index contributed by atoms with van der Waals surface area (Å²) in [6, 6.07) is 20.8. The zero-order valence-corrected chi connectivity index (χ0v) is 19.4. The number of para-hydroxylation sites is 3. The average molecular weight is 441 g/mol. The lowest BCUT2D eigenvalue weighted by Crippen LogP contribution is -2.32. The molecule has 2 amide bonds. The summed E-state index contributed by atoms with van der Waals surface area (Å²) in [6.45, 7) is 8.44. The molecule has 0 aromatic heterocycles. The molecule has 0 radical (unpaired) electrons. The SMILES string of the molecule is CCCOc1ccccc1N1C(=O)C(Nc2ccccc2C)=C(c2ccc(C)cc2C)C1=O. The topological polar surface area (TPSA) is 58.6 Å². The van der Waals surface area contributed by atoms with Gasteiger partial charge in [0.25, 0.3) is 11.8 Å². The van der Waals surface area contributed by atoms with Crippen molar-refractivity contribution in [3.8, 4) is 5.75 Å². The lowest BCUT2D eigenvalue weighted by atomic mass is 9.97. The number of benzene rings is 3. The number of nitrogens with one attached hydrogen (secondary N) is 1. The van der Waals surface area contributed by atoms with E-state index in [1.165, 1.54) is 4.90 Å².